The monoisotopic (exact) mass is 345 g/mol. The molecule has 124 valence electrons. The number of aliphatic hydroxyl groups is 1. The van der Waals surface area contributed by atoms with Gasteiger partial charge in [0.05, 0.1) is 11.0 Å². The van der Waals surface area contributed by atoms with Gasteiger partial charge in [0.15, 0.2) is 0 Å². The van der Waals surface area contributed by atoms with E-state index in [1.807, 2.05) is 12.1 Å². The van der Waals surface area contributed by atoms with Crippen molar-refractivity contribution in [3.05, 3.63) is 29.8 Å². The van der Waals surface area contributed by atoms with Crippen molar-refractivity contribution in [3.63, 3.8) is 0 Å². The fraction of sp³-hybridized carbons (Fsp3) is 0.625. The van der Waals surface area contributed by atoms with Crippen LogP contribution in [-0.4, -0.2) is 42.9 Å². The van der Waals surface area contributed by atoms with Crippen molar-refractivity contribution in [2.45, 2.75) is 43.6 Å². The Morgan fingerprint density at radius 1 is 1.27 bits per heavy atom. The molecule has 1 unspecified atom stereocenters. The Bertz CT molecular complexity index is 564. The van der Waals surface area contributed by atoms with E-state index < -0.39 is 10.0 Å². The smallest absolute Gasteiger partial charge is 0.243 e. The lowest BCUT2D eigenvalue weighted by Crippen LogP contribution is -2.40. The highest BCUT2D eigenvalue weighted by atomic mass is 35.5. The normalized spacial score (nSPS) is 19.2. The van der Waals surface area contributed by atoms with Gasteiger partial charge in [-0.25, -0.2) is 8.42 Å². The fourth-order valence-electron chi connectivity index (χ4n) is 2.85. The molecule has 6 heteroatoms. The molecule has 0 spiro atoms. The number of benzene rings is 1. The summed E-state index contributed by atoms with van der Waals surface area (Å²) in [6.45, 7) is 2.73. The Morgan fingerprint density at radius 2 is 1.86 bits per heavy atom. The molecule has 1 aliphatic heterocycles. The summed E-state index contributed by atoms with van der Waals surface area (Å²) in [7, 11) is -3.42. The molecule has 0 aliphatic carbocycles. The van der Waals surface area contributed by atoms with Gasteiger partial charge in [-0.3, -0.25) is 0 Å². The lowest BCUT2D eigenvalue weighted by atomic mass is 9.93. The van der Waals surface area contributed by atoms with Crippen LogP contribution in [0.5, 0.6) is 0 Å². The highest BCUT2D eigenvalue weighted by molar-refractivity contribution is 7.89. The van der Waals surface area contributed by atoms with Crippen LogP contribution in [0.2, 0.25) is 0 Å². The molecule has 0 amide bonds. The summed E-state index contributed by atoms with van der Waals surface area (Å²) >= 11 is 5.67. The Hall–Kier alpha value is -0.620. The van der Waals surface area contributed by atoms with E-state index >= 15 is 0 Å². The zero-order valence-electron chi connectivity index (χ0n) is 12.9. The van der Waals surface area contributed by atoms with E-state index in [0.29, 0.717) is 36.7 Å². The summed E-state index contributed by atoms with van der Waals surface area (Å²) in [5, 5.41) is 9.61. The number of nitrogens with zero attached hydrogens (tertiary/aromatic N) is 1. The maximum absolute atomic E-state index is 12.6. The summed E-state index contributed by atoms with van der Waals surface area (Å²) in [6, 6.07) is 7.09. The number of halogens is 1. The van der Waals surface area contributed by atoms with E-state index in [-0.39, 0.29) is 12.0 Å². The quantitative estimate of drug-likeness (QED) is 0.806. The highest BCUT2D eigenvalue weighted by Gasteiger charge is 2.30. The first-order chi connectivity index (χ1) is 10.4. The van der Waals surface area contributed by atoms with Gasteiger partial charge in [-0.1, -0.05) is 12.1 Å². The molecule has 1 atom stereocenters. The van der Waals surface area contributed by atoms with E-state index in [1.165, 1.54) is 4.31 Å². The van der Waals surface area contributed by atoms with E-state index in [4.69, 9.17) is 11.6 Å². The van der Waals surface area contributed by atoms with Crippen molar-refractivity contribution in [1.82, 2.24) is 4.31 Å². The number of aryl methyl sites for hydroxylation is 1. The van der Waals surface area contributed by atoms with Gasteiger partial charge in [-0.2, -0.15) is 4.31 Å². The molecule has 1 N–H and O–H groups in total. The predicted molar refractivity (Wildman–Crippen MR) is 88.6 cm³/mol. The van der Waals surface area contributed by atoms with Gasteiger partial charge in [0.25, 0.3) is 0 Å². The molecule has 0 radical (unpaired) electrons. The van der Waals surface area contributed by atoms with Crippen molar-refractivity contribution in [2.75, 3.05) is 19.0 Å². The van der Waals surface area contributed by atoms with Crippen molar-refractivity contribution < 1.29 is 13.5 Å². The Labute approximate surface area is 138 Å². The van der Waals surface area contributed by atoms with Crippen LogP contribution in [0.3, 0.4) is 0 Å². The van der Waals surface area contributed by atoms with E-state index in [2.05, 4.69) is 0 Å². The van der Waals surface area contributed by atoms with Crippen LogP contribution in [-0.2, 0) is 16.4 Å². The second-order valence-corrected chi connectivity index (χ2v) is 8.23. The van der Waals surface area contributed by atoms with E-state index in [1.54, 1.807) is 19.1 Å². The van der Waals surface area contributed by atoms with Crippen LogP contribution in [0.1, 0.15) is 31.7 Å². The topological polar surface area (TPSA) is 57.6 Å². The molecule has 4 nitrogen and oxygen atoms in total. The molecule has 1 saturated heterocycles. The lowest BCUT2D eigenvalue weighted by molar-refractivity contribution is 0.0912. The molecular weight excluding hydrogens is 322 g/mol. The largest absolute Gasteiger partial charge is 0.393 e. The van der Waals surface area contributed by atoms with Gasteiger partial charge in [-0.05, 0) is 56.2 Å². The number of aliphatic hydroxyl groups excluding tert-OH is 1. The summed E-state index contributed by atoms with van der Waals surface area (Å²) in [6.07, 6.45) is 2.81. The summed E-state index contributed by atoms with van der Waals surface area (Å²) < 4.78 is 26.8. The fourth-order valence-corrected chi connectivity index (χ4v) is 4.45. The van der Waals surface area contributed by atoms with Gasteiger partial charge in [0.1, 0.15) is 0 Å². The molecule has 2 rings (SSSR count). The number of sulfonamides is 1. The highest BCUT2D eigenvalue weighted by Crippen LogP contribution is 2.25. The zero-order valence-corrected chi connectivity index (χ0v) is 14.5. The summed E-state index contributed by atoms with van der Waals surface area (Å²) in [4.78, 5) is 0.345. The van der Waals surface area contributed by atoms with E-state index in [9.17, 15) is 13.5 Å². The average molecular weight is 346 g/mol. The first-order valence-electron chi connectivity index (χ1n) is 7.78. The molecule has 1 aliphatic rings. The summed E-state index contributed by atoms with van der Waals surface area (Å²) in [5.74, 6) is 0.808. The minimum Gasteiger partial charge on any atom is -0.393 e. The zero-order chi connectivity index (χ0) is 16.2. The van der Waals surface area contributed by atoms with Crippen molar-refractivity contribution in [2.24, 2.45) is 5.92 Å². The third kappa shape index (κ3) is 4.22. The number of hydrogen-bond donors (Lipinski definition) is 1. The van der Waals surface area contributed by atoms with Gasteiger partial charge in [-0.15, -0.1) is 11.6 Å². The Morgan fingerprint density at radius 3 is 2.36 bits per heavy atom. The predicted octanol–water partition coefficient (Wildman–Crippen LogP) is 2.64. The van der Waals surface area contributed by atoms with Crippen molar-refractivity contribution in [1.29, 1.82) is 0 Å². The second kappa shape index (κ2) is 7.77. The SMILES string of the molecule is CC(O)C1CCN(S(=O)(=O)c2ccc(CCCCl)cc2)CC1. The third-order valence-corrected chi connectivity index (χ3v) is 6.52. The van der Waals surface area contributed by atoms with Gasteiger partial charge in [0, 0.05) is 19.0 Å². The Balaban J connectivity index is 2.04. The molecule has 1 fully saturated rings. The van der Waals surface area contributed by atoms with Crippen molar-refractivity contribution in [3.8, 4) is 0 Å². The first kappa shape index (κ1) is 17.7. The van der Waals surface area contributed by atoms with Crippen molar-refractivity contribution >= 4 is 21.6 Å². The average Bonchev–Trinajstić information content (AvgIpc) is 2.53. The maximum atomic E-state index is 12.6. The Kier molecular flexibility index (Phi) is 6.26. The maximum Gasteiger partial charge on any atom is 0.243 e. The number of rotatable bonds is 6. The van der Waals surface area contributed by atoms with Crippen LogP contribution < -0.4 is 0 Å². The number of alkyl halides is 1. The van der Waals surface area contributed by atoms with Gasteiger partial charge >= 0.3 is 0 Å². The molecule has 1 heterocycles. The van der Waals surface area contributed by atoms with Crippen LogP contribution >= 0.6 is 11.6 Å². The van der Waals surface area contributed by atoms with Crippen LogP contribution in [0, 0.1) is 5.92 Å². The molecule has 1 aromatic carbocycles. The molecule has 0 aromatic heterocycles. The molecule has 22 heavy (non-hydrogen) atoms. The van der Waals surface area contributed by atoms with Crippen LogP contribution in [0.25, 0.3) is 0 Å². The molecule has 0 bridgehead atoms. The number of hydrogen-bond acceptors (Lipinski definition) is 3. The standard InChI is InChI=1S/C16H24ClNO3S/c1-13(19)15-8-11-18(12-9-15)22(20,21)16-6-4-14(5-7-16)3-2-10-17/h4-7,13,15,19H,2-3,8-12H2,1H3. The van der Waals surface area contributed by atoms with Crippen LogP contribution in [0.4, 0.5) is 0 Å². The molecule has 1 aromatic rings. The minimum absolute atomic E-state index is 0.198. The molecular formula is C16H24ClNO3S. The third-order valence-electron chi connectivity index (χ3n) is 4.34. The summed E-state index contributed by atoms with van der Waals surface area (Å²) in [5.41, 5.74) is 1.10. The molecule has 0 saturated carbocycles. The first-order valence-corrected chi connectivity index (χ1v) is 9.75. The van der Waals surface area contributed by atoms with E-state index in [0.717, 1.165) is 18.4 Å². The second-order valence-electron chi connectivity index (χ2n) is 5.92. The van der Waals surface area contributed by atoms with Crippen LogP contribution in [0.15, 0.2) is 29.2 Å². The lowest BCUT2D eigenvalue weighted by Gasteiger charge is -2.32. The minimum atomic E-state index is -3.42. The van der Waals surface area contributed by atoms with Gasteiger partial charge in [0.2, 0.25) is 10.0 Å². The van der Waals surface area contributed by atoms with Gasteiger partial charge < -0.3 is 5.11 Å². The number of piperidine rings is 1.